The molecule has 0 bridgehead atoms. The molecule has 1 fully saturated rings. The van der Waals surface area contributed by atoms with Gasteiger partial charge in [0.05, 0.1) is 5.69 Å². The van der Waals surface area contributed by atoms with Crippen LogP contribution in [-0.4, -0.2) is 27.5 Å². The molecule has 0 spiro atoms. The van der Waals surface area contributed by atoms with Gasteiger partial charge in [-0.05, 0) is 37.3 Å². The van der Waals surface area contributed by atoms with Gasteiger partial charge in [0, 0.05) is 19.1 Å². The largest absolute Gasteiger partial charge is 0.382 e. The van der Waals surface area contributed by atoms with E-state index in [1.807, 2.05) is 13.0 Å². The molecule has 6 heteroatoms. The lowest BCUT2D eigenvalue weighted by molar-refractivity contribution is 0.580. The Balaban J connectivity index is 2.08. The van der Waals surface area contributed by atoms with Gasteiger partial charge in [-0.1, -0.05) is 19.1 Å². The monoisotopic (exact) mass is 297 g/mol. The van der Waals surface area contributed by atoms with Crippen molar-refractivity contribution >= 4 is 15.7 Å². The van der Waals surface area contributed by atoms with E-state index in [9.17, 15) is 8.42 Å². The van der Waals surface area contributed by atoms with E-state index >= 15 is 0 Å². The number of sulfonamides is 1. The van der Waals surface area contributed by atoms with Crippen LogP contribution in [0.1, 0.15) is 26.2 Å². The van der Waals surface area contributed by atoms with Crippen molar-refractivity contribution in [3.8, 4) is 0 Å². The Kier molecular flexibility index (Phi) is 5.01. The van der Waals surface area contributed by atoms with Crippen LogP contribution >= 0.6 is 0 Å². The summed E-state index contributed by atoms with van der Waals surface area (Å²) in [6.45, 7) is 2.98. The van der Waals surface area contributed by atoms with Crippen LogP contribution in [0.15, 0.2) is 29.2 Å². The summed E-state index contributed by atoms with van der Waals surface area (Å²) in [4.78, 5) is 0.288. The van der Waals surface area contributed by atoms with Gasteiger partial charge in [-0.25, -0.2) is 13.1 Å². The molecular weight excluding hydrogens is 274 g/mol. The third kappa shape index (κ3) is 3.94. The first kappa shape index (κ1) is 15.3. The van der Waals surface area contributed by atoms with Crippen LogP contribution in [0.5, 0.6) is 0 Å². The number of para-hydroxylation sites is 1. The van der Waals surface area contributed by atoms with Crippen LogP contribution in [0, 0.1) is 5.92 Å². The maximum absolute atomic E-state index is 12.2. The van der Waals surface area contributed by atoms with Crippen LogP contribution in [0.2, 0.25) is 0 Å². The van der Waals surface area contributed by atoms with Crippen molar-refractivity contribution in [1.82, 2.24) is 4.72 Å². The maximum atomic E-state index is 12.2. The highest BCUT2D eigenvalue weighted by Crippen LogP contribution is 2.31. The minimum atomic E-state index is -3.46. The van der Waals surface area contributed by atoms with Crippen molar-refractivity contribution in [3.05, 3.63) is 24.3 Å². The van der Waals surface area contributed by atoms with E-state index in [0.717, 1.165) is 6.42 Å². The third-order valence-electron chi connectivity index (χ3n) is 3.47. The fourth-order valence-electron chi connectivity index (χ4n) is 2.08. The number of rotatable bonds is 8. The Labute approximate surface area is 121 Å². The number of hydrogen-bond acceptors (Lipinski definition) is 4. The Morgan fingerprint density at radius 3 is 2.70 bits per heavy atom. The Bertz CT molecular complexity index is 541. The van der Waals surface area contributed by atoms with Gasteiger partial charge < -0.3 is 11.1 Å². The summed E-state index contributed by atoms with van der Waals surface area (Å²) in [6.07, 6.45) is 3.13. The Morgan fingerprint density at radius 1 is 1.35 bits per heavy atom. The van der Waals surface area contributed by atoms with Gasteiger partial charge in [0.25, 0.3) is 0 Å². The van der Waals surface area contributed by atoms with Crippen LogP contribution in [0.25, 0.3) is 0 Å². The normalized spacial score (nSPS) is 16.9. The number of benzene rings is 1. The Hall–Kier alpha value is -1.11. The van der Waals surface area contributed by atoms with E-state index in [1.54, 1.807) is 18.2 Å². The molecule has 112 valence electrons. The highest BCUT2D eigenvalue weighted by atomic mass is 32.2. The van der Waals surface area contributed by atoms with Gasteiger partial charge in [0.1, 0.15) is 4.90 Å². The minimum Gasteiger partial charge on any atom is -0.382 e. The molecule has 1 aliphatic carbocycles. The second-order valence-electron chi connectivity index (χ2n) is 5.28. The standard InChI is InChI=1S/C14H23N3O2S/c1-2-9-17-20(18,19)14-6-4-3-5-13(14)16-10-12(15)11-7-8-11/h3-6,11-12,16-17H,2,7-10,15H2,1H3. The summed E-state index contributed by atoms with van der Waals surface area (Å²) in [5, 5.41) is 3.17. The molecule has 1 aromatic rings. The van der Waals surface area contributed by atoms with E-state index < -0.39 is 10.0 Å². The van der Waals surface area contributed by atoms with Crippen molar-refractivity contribution in [1.29, 1.82) is 0 Å². The molecule has 0 radical (unpaired) electrons. The lowest BCUT2D eigenvalue weighted by Crippen LogP contribution is -2.32. The van der Waals surface area contributed by atoms with Crippen LogP contribution < -0.4 is 15.8 Å². The molecule has 4 N–H and O–H groups in total. The minimum absolute atomic E-state index is 0.0920. The van der Waals surface area contributed by atoms with Gasteiger partial charge >= 0.3 is 0 Å². The van der Waals surface area contributed by atoms with Crippen molar-refractivity contribution in [2.75, 3.05) is 18.4 Å². The third-order valence-corrected chi connectivity index (χ3v) is 4.99. The van der Waals surface area contributed by atoms with Crippen molar-refractivity contribution in [2.24, 2.45) is 11.7 Å². The van der Waals surface area contributed by atoms with E-state index in [-0.39, 0.29) is 10.9 Å². The topological polar surface area (TPSA) is 84.2 Å². The van der Waals surface area contributed by atoms with Crippen molar-refractivity contribution in [3.63, 3.8) is 0 Å². The predicted molar refractivity (Wildman–Crippen MR) is 81.1 cm³/mol. The van der Waals surface area contributed by atoms with Gasteiger partial charge in [0.2, 0.25) is 10.0 Å². The van der Waals surface area contributed by atoms with Gasteiger partial charge in [0.15, 0.2) is 0 Å². The molecule has 0 amide bonds. The van der Waals surface area contributed by atoms with E-state index in [0.29, 0.717) is 24.7 Å². The summed E-state index contributed by atoms with van der Waals surface area (Å²) in [6, 6.07) is 7.04. The molecule has 1 aliphatic rings. The second kappa shape index (κ2) is 6.56. The summed E-state index contributed by atoms with van der Waals surface area (Å²) in [5.74, 6) is 0.587. The molecule has 5 nitrogen and oxygen atoms in total. The first-order valence-corrected chi connectivity index (χ1v) is 8.61. The lowest BCUT2D eigenvalue weighted by Gasteiger charge is -2.16. The summed E-state index contributed by atoms with van der Waals surface area (Å²) >= 11 is 0. The Morgan fingerprint density at radius 2 is 2.05 bits per heavy atom. The first-order chi connectivity index (χ1) is 9.54. The van der Waals surface area contributed by atoms with E-state index in [1.165, 1.54) is 12.8 Å². The zero-order chi connectivity index (χ0) is 14.6. The summed E-state index contributed by atoms with van der Waals surface area (Å²) in [7, 11) is -3.46. The molecule has 1 atom stereocenters. The molecule has 20 heavy (non-hydrogen) atoms. The average molecular weight is 297 g/mol. The first-order valence-electron chi connectivity index (χ1n) is 7.12. The summed E-state index contributed by atoms with van der Waals surface area (Å²) < 4.78 is 27.0. The second-order valence-corrected chi connectivity index (χ2v) is 7.01. The molecule has 0 aliphatic heterocycles. The molecule has 2 rings (SSSR count). The number of nitrogens with two attached hydrogens (primary N) is 1. The fourth-order valence-corrected chi connectivity index (χ4v) is 3.40. The van der Waals surface area contributed by atoms with Gasteiger partial charge in [-0.3, -0.25) is 0 Å². The predicted octanol–water partition coefficient (Wildman–Crippen LogP) is 1.52. The van der Waals surface area contributed by atoms with Crippen LogP contribution in [-0.2, 0) is 10.0 Å². The zero-order valence-electron chi connectivity index (χ0n) is 11.8. The molecule has 0 saturated heterocycles. The smallest absolute Gasteiger partial charge is 0.242 e. The SMILES string of the molecule is CCCNS(=O)(=O)c1ccccc1NCC(N)C1CC1. The highest BCUT2D eigenvalue weighted by Gasteiger charge is 2.28. The maximum Gasteiger partial charge on any atom is 0.242 e. The summed E-state index contributed by atoms with van der Waals surface area (Å²) in [5.41, 5.74) is 6.66. The average Bonchev–Trinajstić information content (AvgIpc) is 3.27. The molecule has 1 unspecified atom stereocenters. The van der Waals surface area contributed by atoms with Gasteiger partial charge in [-0.15, -0.1) is 0 Å². The van der Waals surface area contributed by atoms with Crippen molar-refractivity contribution < 1.29 is 8.42 Å². The molecule has 1 saturated carbocycles. The number of anilines is 1. The van der Waals surface area contributed by atoms with Crippen LogP contribution in [0.4, 0.5) is 5.69 Å². The lowest BCUT2D eigenvalue weighted by atomic mass is 10.2. The molecule has 1 aromatic carbocycles. The molecular formula is C14H23N3O2S. The van der Waals surface area contributed by atoms with Gasteiger partial charge in [-0.2, -0.15) is 0 Å². The zero-order valence-corrected chi connectivity index (χ0v) is 12.6. The van der Waals surface area contributed by atoms with E-state index in [4.69, 9.17) is 5.73 Å². The van der Waals surface area contributed by atoms with E-state index in [2.05, 4.69) is 10.0 Å². The number of hydrogen-bond donors (Lipinski definition) is 3. The highest BCUT2D eigenvalue weighted by molar-refractivity contribution is 7.89. The molecule has 0 aromatic heterocycles. The van der Waals surface area contributed by atoms with Crippen LogP contribution in [0.3, 0.4) is 0 Å². The van der Waals surface area contributed by atoms with Crippen molar-refractivity contribution in [2.45, 2.75) is 37.1 Å². The quantitative estimate of drug-likeness (QED) is 0.679. The number of nitrogens with one attached hydrogen (secondary N) is 2. The fraction of sp³-hybridized carbons (Fsp3) is 0.571. The molecule has 0 heterocycles.